The van der Waals surface area contributed by atoms with E-state index >= 15 is 0 Å². The lowest BCUT2D eigenvalue weighted by atomic mass is 10.5. The summed E-state index contributed by atoms with van der Waals surface area (Å²) in [6, 6.07) is 3.56. The van der Waals surface area contributed by atoms with Crippen molar-refractivity contribution in [2.45, 2.75) is 0 Å². The van der Waals surface area contributed by atoms with Crippen LogP contribution in [0.4, 0.5) is 0 Å². The summed E-state index contributed by atoms with van der Waals surface area (Å²) in [5, 5.41) is 8.67. The van der Waals surface area contributed by atoms with Crippen LogP contribution in [-0.2, 0) is 0 Å². The van der Waals surface area contributed by atoms with Crippen LogP contribution >= 0.6 is 32.9 Å². The van der Waals surface area contributed by atoms with Crippen LogP contribution in [0, 0.1) is 0 Å². The highest BCUT2D eigenvalue weighted by Gasteiger charge is 2.07. The second-order valence-corrected chi connectivity index (χ2v) is 3.46. The van der Waals surface area contributed by atoms with Crippen LogP contribution in [-0.4, -0.2) is 20.5 Å². The molecule has 0 saturated heterocycles. The molecule has 0 aliphatic rings. The van der Waals surface area contributed by atoms with Gasteiger partial charge in [-0.15, -0.1) is 17.0 Å². The molecule has 0 spiro atoms. The number of carbonyl (C=O) groups is 1. The van der Waals surface area contributed by atoms with Crippen molar-refractivity contribution in [3.05, 3.63) is 34.7 Å². The van der Waals surface area contributed by atoms with Gasteiger partial charge in [0.2, 0.25) is 0 Å². The molecule has 2 rings (SSSR count). The van der Waals surface area contributed by atoms with E-state index in [9.17, 15) is 4.79 Å². The number of carboxylic acid groups (broad SMARTS) is 1. The summed E-state index contributed by atoms with van der Waals surface area (Å²) in [5.41, 5.74) is 0.679. The summed E-state index contributed by atoms with van der Waals surface area (Å²) in [6.07, 6.45) is 3.23. The van der Waals surface area contributed by atoms with Crippen molar-refractivity contribution in [3.8, 4) is 0 Å². The third-order valence-electron chi connectivity index (χ3n) is 1.63. The minimum absolute atomic E-state index is 0. The summed E-state index contributed by atoms with van der Waals surface area (Å²) in [6.45, 7) is 0. The number of nitrogens with zero attached hydrogens (tertiary/aromatic N) is 2. The van der Waals surface area contributed by atoms with Crippen LogP contribution in [0.15, 0.2) is 29.0 Å². The first-order valence-corrected chi connectivity index (χ1v) is 4.33. The monoisotopic (exact) mass is 320 g/mol. The molecule has 0 atom stereocenters. The molecule has 0 aromatic carbocycles. The number of hydrogen-bond donors (Lipinski definition) is 1. The lowest BCUT2D eigenvalue weighted by molar-refractivity contribution is 0.0691. The van der Waals surface area contributed by atoms with Crippen LogP contribution in [0.25, 0.3) is 5.65 Å². The van der Waals surface area contributed by atoms with Crippen molar-refractivity contribution in [3.63, 3.8) is 0 Å². The maximum Gasteiger partial charge on any atom is 0.356 e. The van der Waals surface area contributed by atoms with Gasteiger partial charge in [-0.25, -0.2) is 9.78 Å². The number of hydrogen-bond acceptors (Lipinski definition) is 2. The van der Waals surface area contributed by atoms with E-state index < -0.39 is 5.97 Å². The van der Waals surface area contributed by atoms with Crippen molar-refractivity contribution in [2.75, 3.05) is 0 Å². The van der Waals surface area contributed by atoms with Gasteiger partial charge < -0.3 is 9.51 Å². The summed E-state index contributed by atoms with van der Waals surface area (Å²) < 4.78 is 2.54. The highest BCUT2D eigenvalue weighted by Crippen LogP contribution is 2.12. The molecule has 0 unspecified atom stereocenters. The lowest BCUT2D eigenvalue weighted by Crippen LogP contribution is -1.94. The van der Waals surface area contributed by atoms with Crippen LogP contribution in [0.2, 0.25) is 0 Å². The zero-order valence-electron chi connectivity index (χ0n) is 6.85. The third kappa shape index (κ3) is 1.96. The Bertz CT molecular complexity index is 481. The Morgan fingerprint density at radius 1 is 1.43 bits per heavy atom. The van der Waals surface area contributed by atoms with Crippen molar-refractivity contribution >= 4 is 44.5 Å². The Labute approximate surface area is 98.5 Å². The van der Waals surface area contributed by atoms with Gasteiger partial charge in [0.1, 0.15) is 5.65 Å². The number of halogens is 2. The van der Waals surface area contributed by atoms with E-state index in [1.165, 1.54) is 6.20 Å². The number of rotatable bonds is 1. The highest BCUT2D eigenvalue weighted by atomic mass is 79.9. The predicted octanol–water partition coefficient (Wildman–Crippen LogP) is 2.37. The SMILES string of the molecule is Br.O=C(O)c1cn2cc(Br)ccc2n1. The van der Waals surface area contributed by atoms with Gasteiger partial charge in [0, 0.05) is 16.9 Å². The van der Waals surface area contributed by atoms with E-state index in [4.69, 9.17) is 5.11 Å². The normalized spacial score (nSPS) is 9.79. The molecule has 2 aromatic rings. The molecule has 74 valence electrons. The van der Waals surface area contributed by atoms with Gasteiger partial charge in [0.05, 0.1) is 0 Å². The van der Waals surface area contributed by atoms with E-state index in [-0.39, 0.29) is 22.7 Å². The van der Waals surface area contributed by atoms with Crippen molar-refractivity contribution < 1.29 is 9.90 Å². The van der Waals surface area contributed by atoms with E-state index in [0.717, 1.165) is 4.47 Å². The lowest BCUT2D eigenvalue weighted by Gasteiger charge is -1.91. The molecule has 2 heterocycles. The third-order valence-corrected chi connectivity index (χ3v) is 2.10. The van der Waals surface area contributed by atoms with Gasteiger partial charge in [-0.2, -0.15) is 0 Å². The maximum atomic E-state index is 10.6. The fourth-order valence-corrected chi connectivity index (χ4v) is 1.42. The molecule has 0 radical (unpaired) electrons. The zero-order valence-corrected chi connectivity index (χ0v) is 10.1. The molecule has 1 N–H and O–H groups in total. The minimum Gasteiger partial charge on any atom is -0.476 e. The second kappa shape index (κ2) is 4.10. The highest BCUT2D eigenvalue weighted by molar-refractivity contribution is 9.10. The molecular formula is C8H6Br2N2O2. The summed E-state index contributed by atoms with van der Waals surface area (Å²) in [7, 11) is 0. The van der Waals surface area contributed by atoms with Crippen LogP contribution < -0.4 is 0 Å². The van der Waals surface area contributed by atoms with E-state index in [1.807, 2.05) is 6.07 Å². The van der Waals surface area contributed by atoms with E-state index in [1.54, 1.807) is 16.7 Å². The van der Waals surface area contributed by atoms with Crippen LogP contribution in [0.3, 0.4) is 0 Å². The second-order valence-electron chi connectivity index (χ2n) is 2.54. The molecule has 0 bridgehead atoms. The number of fused-ring (bicyclic) bond motifs is 1. The van der Waals surface area contributed by atoms with Crippen molar-refractivity contribution in [1.29, 1.82) is 0 Å². The Balaban J connectivity index is 0.000000980. The molecule has 0 amide bonds. The molecule has 0 aliphatic carbocycles. The average molecular weight is 322 g/mol. The molecule has 6 heteroatoms. The smallest absolute Gasteiger partial charge is 0.356 e. The van der Waals surface area contributed by atoms with Gasteiger partial charge in [-0.05, 0) is 28.1 Å². The first-order valence-electron chi connectivity index (χ1n) is 3.54. The van der Waals surface area contributed by atoms with Crippen LogP contribution in [0.1, 0.15) is 10.5 Å². The molecule has 14 heavy (non-hydrogen) atoms. The van der Waals surface area contributed by atoms with Crippen molar-refractivity contribution in [1.82, 2.24) is 9.38 Å². The Kier molecular flexibility index (Phi) is 3.28. The van der Waals surface area contributed by atoms with Gasteiger partial charge in [0.25, 0.3) is 0 Å². The fraction of sp³-hybridized carbons (Fsp3) is 0. The Morgan fingerprint density at radius 2 is 2.14 bits per heavy atom. The molecule has 0 aliphatic heterocycles. The van der Waals surface area contributed by atoms with Crippen molar-refractivity contribution in [2.24, 2.45) is 0 Å². The summed E-state index contributed by atoms with van der Waals surface area (Å²) in [5.74, 6) is -1.01. The number of imidazole rings is 1. The number of aromatic nitrogens is 2. The van der Waals surface area contributed by atoms with Gasteiger partial charge in [0.15, 0.2) is 5.69 Å². The number of aromatic carboxylic acids is 1. The average Bonchev–Trinajstić information content (AvgIpc) is 2.46. The van der Waals surface area contributed by atoms with Gasteiger partial charge >= 0.3 is 5.97 Å². The fourth-order valence-electron chi connectivity index (χ4n) is 1.07. The zero-order chi connectivity index (χ0) is 9.42. The quantitative estimate of drug-likeness (QED) is 0.877. The van der Waals surface area contributed by atoms with E-state index in [0.29, 0.717) is 5.65 Å². The summed E-state index contributed by atoms with van der Waals surface area (Å²) >= 11 is 3.28. The molecule has 0 saturated carbocycles. The van der Waals surface area contributed by atoms with Gasteiger partial charge in [-0.1, -0.05) is 0 Å². The Morgan fingerprint density at radius 3 is 2.79 bits per heavy atom. The first kappa shape index (κ1) is 11.2. The summed E-state index contributed by atoms with van der Waals surface area (Å²) in [4.78, 5) is 14.5. The van der Waals surface area contributed by atoms with E-state index in [2.05, 4.69) is 20.9 Å². The molecule has 0 fully saturated rings. The molecular weight excluding hydrogens is 316 g/mol. The number of pyridine rings is 1. The van der Waals surface area contributed by atoms with Crippen LogP contribution in [0.5, 0.6) is 0 Å². The largest absolute Gasteiger partial charge is 0.476 e. The maximum absolute atomic E-state index is 10.6. The van der Waals surface area contributed by atoms with Gasteiger partial charge in [-0.3, -0.25) is 0 Å². The minimum atomic E-state index is -1.01. The predicted molar refractivity (Wildman–Crippen MR) is 60.2 cm³/mol. The Hall–Kier alpha value is -0.880. The molecule has 2 aromatic heterocycles. The molecule has 4 nitrogen and oxygen atoms in total. The number of carboxylic acids is 1. The topological polar surface area (TPSA) is 54.6 Å². The first-order chi connectivity index (χ1) is 6.16. The standard InChI is InChI=1S/C8H5BrN2O2.BrH/c9-5-1-2-7-10-6(8(12)13)4-11(7)3-5;/h1-4H,(H,12,13);1H.